The van der Waals surface area contributed by atoms with E-state index in [1.807, 2.05) is 18.2 Å². The van der Waals surface area contributed by atoms with Crippen LogP contribution in [0.25, 0.3) is 0 Å². The van der Waals surface area contributed by atoms with E-state index >= 15 is 0 Å². The summed E-state index contributed by atoms with van der Waals surface area (Å²) in [5.74, 6) is 1.26. The van der Waals surface area contributed by atoms with Gasteiger partial charge in [0.15, 0.2) is 23.0 Å². The molecule has 4 aromatic rings. The summed E-state index contributed by atoms with van der Waals surface area (Å²) in [6.45, 7) is 6.76. The van der Waals surface area contributed by atoms with Crippen LogP contribution in [0.3, 0.4) is 0 Å². The first-order chi connectivity index (χ1) is 24.9. The number of anilines is 2. The number of hydrogen-bond donors (Lipinski definition) is 1. The first-order valence-electron chi connectivity index (χ1n) is 16.9. The van der Waals surface area contributed by atoms with Crippen molar-refractivity contribution in [3.05, 3.63) is 103 Å². The number of halogens is 5. The molecule has 3 aliphatic heterocycles. The van der Waals surface area contributed by atoms with Gasteiger partial charge in [0.2, 0.25) is 0 Å². The molecule has 7 rings (SSSR count). The molecule has 282 valence electrons. The fourth-order valence-electron chi connectivity index (χ4n) is 7.12. The molecule has 4 aromatic carbocycles. The molecular formula is C39H40Cl5N3O6. The lowest BCUT2D eigenvalue weighted by atomic mass is 9.98. The van der Waals surface area contributed by atoms with Crippen LogP contribution in [-0.2, 0) is 13.1 Å². The van der Waals surface area contributed by atoms with Crippen LogP contribution < -0.4 is 24.0 Å². The van der Waals surface area contributed by atoms with Crippen LogP contribution in [0.1, 0.15) is 65.0 Å². The Hall–Kier alpha value is -3.57. The van der Waals surface area contributed by atoms with Crippen molar-refractivity contribution in [2.24, 2.45) is 0 Å². The molecule has 3 aliphatic rings. The summed E-state index contributed by atoms with van der Waals surface area (Å²) < 4.78 is 16.6. The maximum absolute atomic E-state index is 13.0. The Kier molecular flexibility index (Phi) is 13.2. The number of carbonyl (C=O) groups excluding carboxylic acids is 2. The molecule has 0 aromatic heterocycles. The maximum Gasteiger partial charge on any atom is 0.260 e. The molecule has 1 N–H and O–H groups in total. The lowest BCUT2D eigenvalue weighted by molar-refractivity contribution is 0.0845. The van der Waals surface area contributed by atoms with Gasteiger partial charge < -0.3 is 29.1 Å². The normalized spacial score (nSPS) is 17.8. The van der Waals surface area contributed by atoms with Gasteiger partial charge in [-0.05, 0) is 86.3 Å². The van der Waals surface area contributed by atoms with Crippen LogP contribution in [0.4, 0.5) is 11.4 Å². The maximum atomic E-state index is 13.0. The summed E-state index contributed by atoms with van der Waals surface area (Å²) in [5, 5.41) is 11.6. The number of benzene rings is 4. The van der Waals surface area contributed by atoms with Gasteiger partial charge in [-0.1, -0.05) is 52.8 Å². The summed E-state index contributed by atoms with van der Waals surface area (Å²) in [5.41, 5.74) is 3.88. The molecule has 0 aliphatic carbocycles. The fraction of sp³-hybridized carbons (Fsp3) is 0.333. The van der Waals surface area contributed by atoms with E-state index in [0.717, 1.165) is 23.4 Å². The first-order valence-corrected chi connectivity index (χ1v) is 18.4. The molecule has 0 bridgehead atoms. The molecule has 2 atom stereocenters. The topological polar surface area (TPSA) is 91.8 Å². The summed E-state index contributed by atoms with van der Waals surface area (Å²) in [7, 11) is 3.09. The van der Waals surface area contributed by atoms with Crippen molar-refractivity contribution in [1.29, 1.82) is 0 Å². The number of nitrogens with zero attached hydrogens (tertiary/aromatic N) is 3. The summed E-state index contributed by atoms with van der Waals surface area (Å²) in [4.78, 5) is 31.2. The van der Waals surface area contributed by atoms with Crippen molar-refractivity contribution in [2.75, 3.05) is 37.2 Å². The highest BCUT2D eigenvalue weighted by Crippen LogP contribution is 2.40. The van der Waals surface area contributed by atoms with Crippen LogP contribution in [0.2, 0.25) is 20.1 Å². The second kappa shape index (κ2) is 17.3. The third-order valence-electron chi connectivity index (χ3n) is 9.76. The van der Waals surface area contributed by atoms with Crippen molar-refractivity contribution < 1.29 is 28.9 Å². The lowest BCUT2D eigenvalue weighted by Crippen LogP contribution is -2.45. The first kappa shape index (κ1) is 40.6. The number of piperidine rings is 1. The highest BCUT2D eigenvalue weighted by atomic mass is 35.5. The second-order valence-corrected chi connectivity index (χ2v) is 14.7. The molecule has 1 fully saturated rings. The average Bonchev–Trinajstić information content (AvgIpc) is 3.62. The summed E-state index contributed by atoms with van der Waals surface area (Å²) in [6.07, 6.45) is 3.75. The number of carbonyl (C=O) groups is 2. The largest absolute Gasteiger partial charge is 0.504 e. The zero-order chi connectivity index (χ0) is 37.3. The lowest BCUT2D eigenvalue weighted by Gasteiger charge is -2.38. The van der Waals surface area contributed by atoms with Gasteiger partial charge in [0.1, 0.15) is 6.61 Å². The Morgan fingerprint density at radius 1 is 0.698 bits per heavy atom. The Balaban J connectivity index is 0.000000215. The SMILES string of the molecule is COc1ccc(N2Cc3cc(Cl)cc(Cl)c3C2=O)cc1O.COc1ccc(N2Cc3cc(Cl)cc(Cl)c3C2=O)cc1OCCN1[C@H](C)CCC[C@@H]1C.Cl. The molecule has 53 heavy (non-hydrogen) atoms. The van der Waals surface area contributed by atoms with E-state index in [2.05, 4.69) is 18.7 Å². The smallest absolute Gasteiger partial charge is 0.260 e. The van der Waals surface area contributed by atoms with E-state index in [4.69, 9.17) is 60.6 Å². The van der Waals surface area contributed by atoms with Gasteiger partial charge in [-0.15, -0.1) is 12.4 Å². The molecule has 1 saturated heterocycles. The van der Waals surface area contributed by atoms with Crippen LogP contribution in [0.15, 0.2) is 60.7 Å². The van der Waals surface area contributed by atoms with E-state index in [1.165, 1.54) is 37.3 Å². The molecule has 0 unspecified atom stereocenters. The number of amides is 2. The number of phenols is 1. The number of likely N-dealkylation sites (tertiary alicyclic amines) is 1. The number of phenolic OH excluding ortho intramolecular Hbond substituents is 1. The number of ether oxygens (including phenoxy) is 3. The summed E-state index contributed by atoms with van der Waals surface area (Å²) >= 11 is 24.5. The molecule has 0 spiro atoms. The molecule has 2 amide bonds. The van der Waals surface area contributed by atoms with Crippen LogP contribution in [-0.4, -0.2) is 61.3 Å². The summed E-state index contributed by atoms with van der Waals surface area (Å²) in [6, 6.07) is 18.2. The quantitative estimate of drug-likeness (QED) is 0.189. The minimum absolute atomic E-state index is 0. The zero-order valence-electron chi connectivity index (χ0n) is 29.6. The highest BCUT2D eigenvalue weighted by Gasteiger charge is 2.33. The van der Waals surface area contributed by atoms with Crippen LogP contribution >= 0.6 is 58.8 Å². The number of methoxy groups -OCH3 is 2. The van der Waals surface area contributed by atoms with E-state index in [1.54, 1.807) is 48.4 Å². The minimum Gasteiger partial charge on any atom is -0.504 e. The fourth-order valence-corrected chi connectivity index (χ4v) is 8.36. The molecular weight excluding hydrogens is 784 g/mol. The van der Waals surface area contributed by atoms with Gasteiger partial charge in [0.05, 0.1) is 48.5 Å². The average molecular weight is 824 g/mol. The van der Waals surface area contributed by atoms with Crippen LogP contribution in [0.5, 0.6) is 23.0 Å². The highest BCUT2D eigenvalue weighted by molar-refractivity contribution is 6.38. The van der Waals surface area contributed by atoms with Gasteiger partial charge in [0, 0.05) is 52.2 Å². The molecule has 0 radical (unpaired) electrons. The number of aromatic hydroxyl groups is 1. The van der Waals surface area contributed by atoms with E-state index in [9.17, 15) is 14.7 Å². The molecule has 9 nitrogen and oxygen atoms in total. The Bertz CT molecular complexity index is 2000. The third-order valence-corrected chi connectivity index (χ3v) is 10.8. The molecule has 14 heteroatoms. The Morgan fingerprint density at radius 3 is 1.68 bits per heavy atom. The Labute approximate surface area is 335 Å². The minimum atomic E-state index is -0.212. The van der Waals surface area contributed by atoms with E-state index in [-0.39, 0.29) is 30.0 Å². The van der Waals surface area contributed by atoms with Crippen molar-refractivity contribution in [2.45, 2.75) is 58.3 Å². The van der Waals surface area contributed by atoms with E-state index < -0.39 is 0 Å². The van der Waals surface area contributed by atoms with Crippen LogP contribution in [0, 0.1) is 0 Å². The van der Waals surface area contributed by atoms with Crippen molar-refractivity contribution in [3.63, 3.8) is 0 Å². The number of fused-ring (bicyclic) bond motifs is 2. The number of hydrogen-bond acceptors (Lipinski definition) is 7. The van der Waals surface area contributed by atoms with Gasteiger partial charge in [-0.2, -0.15) is 0 Å². The van der Waals surface area contributed by atoms with Gasteiger partial charge in [-0.3, -0.25) is 14.5 Å². The molecule has 3 heterocycles. The second-order valence-electron chi connectivity index (χ2n) is 13.0. The zero-order valence-corrected chi connectivity index (χ0v) is 33.5. The third kappa shape index (κ3) is 8.56. The van der Waals surface area contributed by atoms with Gasteiger partial charge >= 0.3 is 0 Å². The Morgan fingerprint density at radius 2 is 1.19 bits per heavy atom. The predicted octanol–water partition coefficient (Wildman–Crippen LogP) is 10.1. The standard InChI is InChI=1S/C24H28Cl2N2O3.C15H11Cl2NO3.ClH/c1-15-5-4-6-16(2)27(15)9-10-31-22-13-19(7-8-21(22)30-3)28-14-17-11-18(25)12-20(26)23(17)24(28)29;1-21-13-3-2-10(6-12(13)19)18-7-8-4-9(16)5-11(17)14(8)15(18)20;/h7-8,11-13,15-16H,4-6,9-10,14H2,1-3H3;2-6,19H,7H2,1H3;1H/t15-,16+;;. The monoisotopic (exact) mass is 821 g/mol. The van der Waals surface area contributed by atoms with Crippen molar-refractivity contribution >= 4 is 82.0 Å². The molecule has 0 saturated carbocycles. The van der Waals surface area contributed by atoms with Gasteiger partial charge in [-0.25, -0.2) is 0 Å². The number of rotatable bonds is 8. The van der Waals surface area contributed by atoms with Crippen molar-refractivity contribution in [1.82, 2.24) is 4.90 Å². The van der Waals surface area contributed by atoms with Gasteiger partial charge in [0.25, 0.3) is 11.8 Å². The predicted molar refractivity (Wildman–Crippen MR) is 214 cm³/mol. The van der Waals surface area contributed by atoms with E-state index in [0.29, 0.717) is 85.9 Å². The van der Waals surface area contributed by atoms with Crippen molar-refractivity contribution in [3.8, 4) is 23.0 Å².